The van der Waals surface area contributed by atoms with Gasteiger partial charge in [0.2, 0.25) is 5.91 Å². The molecule has 3 rings (SSSR count). The fraction of sp³-hybridized carbons (Fsp3) is 0.0714. The van der Waals surface area contributed by atoms with E-state index in [1.807, 2.05) is 30.3 Å². The third kappa shape index (κ3) is 2.06. The van der Waals surface area contributed by atoms with Crippen LogP contribution >= 0.6 is 0 Å². The van der Waals surface area contributed by atoms with Gasteiger partial charge in [-0.05, 0) is 6.07 Å². The summed E-state index contributed by atoms with van der Waals surface area (Å²) in [5, 5.41) is 1.48. The fourth-order valence-corrected chi connectivity index (χ4v) is 1.94. The van der Waals surface area contributed by atoms with Gasteiger partial charge in [0.25, 0.3) is 0 Å². The summed E-state index contributed by atoms with van der Waals surface area (Å²) in [6.07, 6.45) is 3.29. The fourth-order valence-electron chi connectivity index (χ4n) is 1.94. The number of nitrogens with zero attached hydrogens (tertiary/aromatic N) is 3. The largest absolute Gasteiger partial charge is 0.274 e. The predicted octanol–water partition coefficient (Wildman–Crippen LogP) is 2.03. The summed E-state index contributed by atoms with van der Waals surface area (Å²) < 4.78 is 0. The first kappa shape index (κ1) is 11.4. The Morgan fingerprint density at radius 1 is 1.21 bits per heavy atom. The van der Waals surface area contributed by atoms with Crippen LogP contribution in [0.3, 0.4) is 0 Å². The summed E-state index contributed by atoms with van der Waals surface area (Å²) in [6, 6.07) is 11.4. The van der Waals surface area contributed by atoms with Crippen molar-refractivity contribution in [2.45, 2.75) is 6.92 Å². The molecule has 1 aromatic carbocycles. The van der Waals surface area contributed by atoms with Gasteiger partial charge in [0.05, 0.1) is 11.9 Å². The highest BCUT2D eigenvalue weighted by Gasteiger charge is 2.22. The van der Waals surface area contributed by atoms with Gasteiger partial charge in [0, 0.05) is 18.7 Å². The number of aromatic nitrogens is 1. The number of carbonyl (C=O) groups is 1. The summed E-state index contributed by atoms with van der Waals surface area (Å²) in [7, 11) is 0. The van der Waals surface area contributed by atoms with E-state index >= 15 is 0 Å². The van der Waals surface area contributed by atoms with Crippen molar-refractivity contribution in [3.63, 3.8) is 0 Å². The lowest BCUT2D eigenvalue weighted by Crippen LogP contribution is -2.47. The summed E-state index contributed by atoms with van der Waals surface area (Å²) in [6.45, 7) is 1.51. The second kappa shape index (κ2) is 4.53. The average Bonchev–Trinajstić information content (AvgIpc) is 2.47. The third-order valence-electron chi connectivity index (χ3n) is 2.83. The van der Waals surface area contributed by atoms with Gasteiger partial charge in [0.15, 0.2) is 5.84 Å². The van der Waals surface area contributed by atoms with Crippen LogP contribution in [0.25, 0.3) is 0 Å². The number of fused-ring (bicyclic) bond motifs is 1. The van der Waals surface area contributed by atoms with Crippen LogP contribution in [0.2, 0.25) is 0 Å². The highest BCUT2D eigenvalue weighted by atomic mass is 16.2. The van der Waals surface area contributed by atoms with Gasteiger partial charge in [-0.2, -0.15) is 0 Å². The monoisotopic (exact) mass is 252 g/mol. The van der Waals surface area contributed by atoms with Gasteiger partial charge in [-0.15, -0.1) is 0 Å². The van der Waals surface area contributed by atoms with Crippen molar-refractivity contribution in [1.82, 2.24) is 10.4 Å². The average molecular weight is 252 g/mol. The molecule has 0 spiro atoms. The van der Waals surface area contributed by atoms with Crippen LogP contribution in [-0.4, -0.2) is 16.7 Å². The van der Waals surface area contributed by atoms with Crippen LogP contribution in [-0.2, 0) is 4.79 Å². The molecule has 1 aliphatic heterocycles. The number of amides is 1. The van der Waals surface area contributed by atoms with E-state index in [0.717, 1.165) is 5.56 Å². The Labute approximate surface area is 110 Å². The number of rotatable bonds is 1. The van der Waals surface area contributed by atoms with E-state index in [9.17, 15) is 4.79 Å². The molecular weight excluding hydrogens is 240 g/mol. The molecule has 0 fully saturated rings. The molecule has 0 unspecified atom stereocenters. The van der Waals surface area contributed by atoms with Crippen molar-refractivity contribution in [3.05, 3.63) is 54.4 Å². The standard InChI is InChI=1S/C14H12N4O/c1-10(19)18-13-7-8-15-9-12(13)16-14(17-18)11-5-3-2-4-6-11/h2-9H,1H3,(H,16,17). The van der Waals surface area contributed by atoms with Crippen molar-refractivity contribution >= 4 is 23.1 Å². The minimum atomic E-state index is -0.101. The number of benzene rings is 1. The van der Waals surface area contributed by atoms with E-state index in [4.69, 9.17) is 0 Å². The molecule has 1 aromatic heterocycles. The molecule has 19 heavy (non-hydrogen) atoms. The van der Waals surface area contributed by atoms with Gasteiger partial charge in [0.1, 0.15) is 5.69 Å². The van der Waals surface area contributed by atoms with Crippen LogP contribution in [0.1, 0.15) is 12.5 Å². The van der Waals surface area contributed by atoms with Crippen molar-refractivity contribution in [2.24, 2.45) is 4.99 Å². The normalized spacial score (nSPS) is 13.3. The Balaban J connectivity index is 2.10. The zero-order valence-electron chi connectivity index (χ0n) is 10.4. The number of anilines is 1. The smallest absolute Gasteiger partial charge is 0.242 e. The SMILES string of the molecule is CC(=O)N1NC(c2ccccc2)=Nc2cnccc21. The molecule has 0 aliphatic carbocycles. The molecule has 0 radical (unpaired) electrons. The van der Waals surface area contributed by atoms with Gasteiger partial charge >= 0.3 is 0 Å². The highest BCUT2D eigenvalue weighted by molar-refractivity contribution is 6.08. The molecule has 0 atom stereocenters. The Kier molecular flexibility index (Phi) is 2.72. The molecule has 2 heterocycles. The van der Waals surface area contributed by atoms with E-state index in [1.165, 1.54) is 11.9 Å². The zero-order valence-corrected chi connectivity index (χ0v) is 10.4. The summed E-state index contributed by atoms with van der Waals surface area (Å²) in [5.74, 6) is 0.534. The molecule has 94 valence electrons. The van der Waals surface area contributed by atoms with Crippen LogP contribution < -0.4 is 10.4 Å². The maximum Gasteiger partial charge on any atom is 0.242 e. The highest BCUT2D eigenvalue weighted by Crippen LogP contribution is 2.30. The molecule has 5 heteroatoms. The van der Waals surface area contributed by atoms with E-state index in [0.29, 0.717) is 17.2 Å². The lowest BCUT2D eigenvalue weighted by molar-refractivity contribution is -0.117. The van der Waals surface area contributed by atoms with Gasteiger partial charge in [-0.25, -0.2) is 10.0 Å². The van der Waals surface area contributed by atoms with E-state index in [1.54, 1.807) is 18.5 Å². The van der Waals surface area contributed by atoms with E-state index in [2.05, 4.69) is 15.4 Å². The molecule has 1 amide bonds. The topological polar surface area (TPSA) is 57.6 Å². The van der Waals surface area contributed by atoms with Crippen LogP contribution in [0.5, 0.6) is 0 Å². The third-order valence-corrected chi connectivity index (χ3v) is 2.83. The van der Waals surface area contributed by atoms with Crippen molar-refractivity contribution in [1.29, 1.82) is 0 Å². The van der Waals surface area contributed by atoms with Crippen molar-refractivity contribution < 1.29 is 4.79 Å². The number of carbonyl (C=O) groups excluding carboxylic acids is 1. The number of hydrogen-bond donors (Lipinski definition) is 1. The quantitative estimate of drug-likeness (QED) is 0.844. The molecule has 0 saturated heterocycles. The van der Waals surface area contributed by atoms with Crippen LogP contribution in [0.4, 0.5) is 11.4 Å². The molecule has 1 aliphatic rings. The first-order chi connectivity index (χ1) is 9.25. The van der Waals surface area contributed by atoms with Crippen LogP contribution in [0, 0.1) is 0 Å². The predicted molar refractivity (Wildman–Crippen MR) is 73.2 cm³/mol. The summed E-state index contributed by atoms with van der Waals surface area (Å²) >= 11 is 0. The summed E-state index contributed by atoms with van der Waals surface area (Å²) in [4.78, 5) is 20.3. The number of amidine groups is 1. The first-order valence-corrected chi connectivity index (χ1v) is 5.91. The van der Waals surface area contributed by atoms with E-state index < -0.39 is 0 Å². The molecule has 2 aromatic rings. The number of pyridine rings is 1. The van der Waals surface area contributed by atoms with Gasteiger partial charge in [-0.3, -0.25) is 15.2 Å². The first-order valence-electron chi connectivity index (χ1n) is 5.91. The molecule has 1 N–H and O–H groups in total. The molecule has 0 bridgehead atoms. The Morgan fingerprint density at radius 2 is 2.00 bits per heavy atom. The van der Waals surface area contributed by atoms with E-state index in [-0.39, 0.29) is 5.91 Å². The minimum absolute atomic E-state index is 0.101. The minimum Gasteiger partial charge on any atom is -0.274 e. The second-order valence-electron chi connectivity index (χ2n) is 4.16. The van der Waals surface area contributed by atoms with Gasteiger partial charge < -0.3 is 0 Å². The molecule has 0 saturated carbocycles. The van der Waals surface area contributed by atoms with Crippen molar-refractivity contribution in [2.75, 3.05) is 5.01 Å². The van der Waals surface area contributed by atoms with Crippen LogP contribution in [0.15, 0.2) is 53.8 Å². The summed E-state index contributed by atoms with van der Waals surface area (Å²) in [5.41, 5.74) is 5.34. The Bertz CT molecular complexity index is 652. The number of nitrogens with one attached hydrogen (secondary N) is 1. The number of hydrogen-bond acceptors (Lipinski definition) is 4. The molecule has 5 nitrogen and oxygen atoms in total. The Morgan fingerprint density at radius 3 is 2.74 bits per heavy atom. The second-order valence-corrected chi connectivity index (χ2v) is 4.16. The van der Waals surface area contributed by atoms with Crippen molar-refractivity contribution in [3.8, 4) is 0 Å². The molecular formula is C14H12N4O. The lowest BCUT2D eigenvalue weighted by Gasteiger charge is -2.28. The zero-order chi connectivity index (χ0) is 13.2. The Hall–Kier alpha value is -2.69. The lowest BCUT2D eigenvalue weighted by atomic mass is 10.2. The number of hydrazine groups is 1. The number of aliphatic imine (C=N–C) groups is 1. The maximum atomic E-state index is 11.7. The maximum absolute atomic E-state index is 11.7. The van der Waals surface area contributed by atoms with Gasteiger partial charge in [-0.1, -0.05) is 30.3 Å².